The minimum absolute atomic E-state index is 0.343. The van der Waals surface area contributed by atoms with Crippen molar-refractivity contribution >= 4 is 20.9 Å². The molecule has 1 aromatic heterocycles. The van der Waals surface area contributed by atoms with Crippen molar-refractivity contribution in [3.8, 4) is 0 Å². The molecule has 0 unspecified atom stereocenters. The number of nitrogens with two attached hydrogens (primary N) is 1. The predicted octanol–water partition coefficient (Wildman–Crippen LogP) is 2.01. The van der Waals surface area contributed by atoms with E-state index in [4.69, 9.17) is 5.73 Å². The normalized spacial score (nSPS) is 12.4. The average molecular weight is 309 g/mol. The highest BCUT2D eigenvalue weighted by Crippen LogP contribution is 2.26. The van der Waals surface area contributed by atoms with E-state index in [1.165, 1.54) is 4.31 Å². The summed E-state index contributed by atoms with van der Waals surface area (Å²) >= 11 is 0. The second kappa shape index (κ2) is 6.17. The van der Waals surface area contributed by atoms with E-state index in [-0.39, 0.29) is 0 Å². The minimum atomic E-state index is -3.43. The quantitative estimate of drug-likeness (QED) is 0.856. The van der Waals surface area contributed by atoms with Crippen LogP contribution in [0.25, 0.3) is 10.9 Å². The van der Waals surface area contributed by atoms with E-state index in [2.05, 4.69) is 4.98 Å². The topological polar surface area (TPSA) is 79.2 Å². The second-order valence-corrected chi connectivity index (χ2v) is 7.00. The van der Waals surface area contributed by atoms with Gasteiger partial charge < -0.3 is 10.7 Å². The van der Waals surface area contributed by atoms with E-state index in [1.54, 1.807) is 12.1 Å². The van der Waals surface area contributed by atoms with Crippen molar-refractivity contribution in [1.82, 2.24) is 9.29 Å². The SMILES string of the molecule is CCN(CC)S(=O)(=O)c1ccc2[nH]c(C)c(CCN)c2c1. The molecule has 2 aromatic rings. The first-order valence-corrected chi connectivity index (χ1v) is 8.71. The molecule has 1 aromatic carbocycles. The summed E-state index contributed by atoms with van der Waals surface area (Å²) < 4.78 is 26.7. The van der Waals surface area contributed by atoms with Gasteiger partial charge in [-0.15, -0.1) is 0 Å². The number of aromatic amines is 1. The van der Waals surface area contributed by atoms with Crippen LogP contribution in [0.2, 0.25) is 0 Å². The molecule has 0 fully saturated rings. The Hall–Kier alpha value is -1.37. The number of hydrogen-bond acceptors (Lipinski definition) is 3. The van der Waals surface area contributed by atoms with Gasteiger partial charge in [-0.1, -0.05) is 13.8 Å². The molecule has 0 aliphatic rings. The monoisotopic (exact) mass is 309 g/mol. The lowest BCUT2D eigenvalue weighted by Crippen LogP contribution is -2.30. The van der Waals surface area contributed by atoms with Crippen LogP contribution in [-0.2, 0) is 16.4 Å². The van der Waals surface area contributed by atoms with E-state index < -0.39 is 10.0 Å². The average Bonchev–Trinajstić information content (AvgIpc) is 2.76. The highest BCUT2D eigenvalue weighted by molar-refractivity contribution is 7.89. The molecule has 116 valence electrons. The molecule has 5 nitrogen and oxygen atoms in total. The molecule has 0 saturated heterocycles. The summed E-state index contributed by atoms with van der Waals surface area (Å²) in [5, 5.41) is 0.950. The van der Waals surface area contributed by atoms with Crippen molar-refractivity contribution in [2.75, 3.05) is 19.6 Å². The number of sulfonamides is 1. The van der Waals surface area contributed by atoms with Gasteiger partial charge >= 0.3 is 0 Å². The second-order valence-electron chi connectivity index (χ2n) is 5.06. The van der Waals surface area contributed by atoms with Gasteiger partial charge in [-0.2, -0.15) is 4.31 Å². The lowest BCUT2D eigenvalue weighted by molar-refractivity contribution is 0.445. The van der Waals surface area contributed by atoms with Crippen molar-refractivity contribution in [2.45, 2.75) is 32.1 Å². The highest BCUT2D eigenvalue weighted by Gasteiger charge is 2.22. The molecule has 1 heterocycles. The van der Waals surface area contributed by atoms with Gasteiger partial charge in [0.2, 0.25) is 10.0 Å². The molecule has 0 atom stereocenters. The van der Waals surface area contributed by atoms with Crippen LogP contribution in [0.3, 0.4) is 0 Å². The molecule has 2 rings (SSSR count). The largest absolute Gasteiger partial charge is 0.358 e. The van der Waals surface area contributed by atoms with Crippen LogP contribution in [0.15, 0.2) is 23.1 Å². The van der Waals surface area contributed by atoms with Crippen LogP contribution in [-0.4, -0.2) is 37.3 Å². The summed E-state index contributed by atoms with van der Waals surface area (Å²) in [7, 11) is -3.43. The van der Waals surface area contributed by atoms with Gasteiger partial charge in [0.1, 0.15) is 0 Å². The first kappa shape index (κ1) is 16.0. The third-order valence-corrected chi connectivity index (χ3v) is 5.87. The number of aromatic nitrogens is 1. The fourth-order valence-electron chi connectivity index (χ4n) is 2.70. The number of nitrogens with zero attached hydrogens (tertiary/aromatic N) is 1. The Morgan fingerprint density at radius 1 is 1.24 bits per heavy atom. The zero-order valence-electron chi connectivity index (χ0n) is 12.8. The number of rotatable bonds is 6. The van der Waals surface area contributed by atoms with E-state index in [0.29, 0.717) is 24.5 Å². The van der Waals surface area contributed by atoms with Gasteiger partial charge in [0, 0.05) is 29.7 Å². The van der Waals surface area contributed by atoms with E-state index in [0.717, 1.165) is 28.6 Å². The fourth-order valence-corrected chi connectivity index (χ4v) is 4.19. The smallest absolute Gasteiger partial charge is 0.243 e. The van der Waals surface area contributed by atoms with Gasteiger partial charge in [-0.3, -0.25) is 0 Å². The maximum Gasteiger partial charge on any atom is 0.243 e. The maximum atomic E-state index is 12.6. The fraction of sp³-hybridized carbons (Fsp3) is 0.467. The molecular weight excluding hydrogens is 286 g/mol. The molecule has 21 heavy (non-hydrogen) atoms. The molecule has 0 bridgehead atoms. The van der Waals surface area contributed by atoms with Crippen molar-refractivity contribution in [2.24, 2.45) is 5.73 Å². The number of H-pyrrole nitrogens is 1. The third-order valence-electron chi connectivity index (χ3n) is 3.83. The van der Waals surface area contributed by atoms with Crippen LogP contribution in [0.4, 0.5) is 0 Å². The number of fused-ring (bicyclic) bond motifs is 1. The standard InChI is InChI=1S/C15H23N3O2S/c1-4-18(5-2)21(19,20)12-6-7-15-14(10-12)13(8-9-16)11(3)17-15/h6-7,10,17H,4-5,8-9,16H2,1-3H3. The molecule has 6 heteroatoms. The zero-order valence-corrected chi connectivity index (χ0v) is 13.6. The maximum absolute atomic E-state index is 12.6. The van der Waals surface area contributed by atoms with Crippen molar-refractivity contribution in [3.05, 3.63) is 29.5 Å². The summed E-state index contributed by atoms with van der Waals surface area (Å²) in [6, 6.07) is 5.26. The Morgan fingerprint density at radius 3 is 2.48 bits per heavy atom. The third kappa shape index (κ3) is 2.84. The summed E-state index contributed by atoms with van der Waals surface area (Å²) in [5.74, 6) is 0. The van der Waals surface area contributed by atoms with Gasteiger partial charge in [0.15, 0.2) is 0 Å². The molecule has 0 spiro atoms. The molecule has 0 aliphatic carbocycles. The van der Waals surface area contributed by atoms with E-state index >= 15 is 0 Å². The summed E-state index contributed by atoms with van der Waals surface area (Å²) in [5.41, 5.74) is 8.76. The summed E-state index contributed by atoms with van der Waals surface area (Å²) in [6.45, 7) is 7.17. The van der Waals surface area contributed by atoms with Gasteiger partial charge in [0.25, 0.3) is 0 Å². The molecule has 0 amide bonds. The van der Waals surface area contributed by atoms with Crippen molar-refractivity contribution in [1.29, 1.82) is 0 Å². The first-order valence-electron chi connectivity index (χ1n) is 7.27. The summed E-state index contributed by atoms with van der Waals surface area (Å²) in [4.78, 5) is 3.63. The Bertz CT molecular complexity index is 731. The van der Waals surface area contributed by atoms with Crippen LogP contribution >= 0.6 is 0 Å². The van der Waals surface area contributed by atoms with Crippen LogP contribution in [0.1, 0.15) is 25.1 Å². The number of benzene rings is 1. The Balaban J connectivity index is 2.59. The van der Waals surface area contributed by atoms with Crippen molar-refractivity contribution in [3.63, 3.8) is 0 Å². The lowest BCUT2D eigenvalue weighted by atomic mass is 10.1. The molecule has 0 aliphatic heterocycles. The van der Waals surface area contributed by atoms with Crippen molar-refractivity contribution < 1.29 is 8.42 Å². The van der Waals surface area contributed by atoms with Gasteiger partial charge in [0.05, 0.1) is 4.90 Å². The summed E-state index contributed by atoms with van der Waals surface area (Å²) in [6.07, 6.45) is 0.737. The number of hydrogen-bond donors (Lipinski definition) is 2. The Labute approximate surface area is 126 Å². The van der Waals surface area contributed by atoms with E-state index in [1.807, 2.05) is 26.8 Å². The van der Waals surface area contributed by atoms with Gasteiger partial charge in [-0.05, 0) is 43.7 Å². The van der Waals surface area contributed by atoms with Crippen LogP contribution in [0.5, 0.6) is 0 Å². The van der Waals surface area contributed by atoms with Crippen LogP contribution in [0, 0.1) is 6.92 Å². The van der Waals surface area contributed by atoms with Gasteiger partial charge in [-0.25, -0.2) is 8.42 Å². The number of aryl methyl sites for hydroxylation is 1. The first-order chi connectivity index (χ1) is 9.95. The molecule has 0 radical (unpaired) electrons. The molecular formula is C15H23N3O2S. The highest BCUT2D eigenvalue weighted by atomic mass is 32.2. The minimum Gasteiger partial charge on any atom is -0.358 e. The van der Waals surface area contributed by atoms with E-state index in [9.17, 15) is 8.42 Å². The molecule has 0 saturated carbocycles. The Morgan fingerprint density at radius 2 is 1.90 bits per heavy atom. The van der Waals surface area contributed by atoms with Crippen LogP contribution < -0.4 is 5.73 Å². The predicted molar refractivity (Wildman–Crippen MR) is 85.9 cm³/mol. The number of nitrogens with one attached hydrogen (secondary N) is 1. The molecule has 3 N–H and O–H groups in total. The lowest BCUT2D eigenvalue weighted by Gasteiger charge is -2.18. The Kier molecular flexibility index (Phi) is 4.70. The zero-order chi connectivity index (χ0) is 15.6.